The lowest BCUT2D eigenvalue weighted by Gasteiger charge is -2.24. The van der Waals surface area contributed by atoms with Gasteiger partial charge in [0, 0.05) is 39.2 Å². The Bertz CT molecular complexity index is 302. The predicted molar refractivity (Wildman–Crippen MR) is 65.2 cm³/mol. The van der Waals surface area contributed by atoms with Crippen LogP contribution in [0.25, 0.3) is 0 Å². The SMILES string of the molecule is COCCN(CCOC)c1ccnc(Cl)c1. The molecule has 0 fully saturated rings. The van der Waals surface area contributed by atoms with Crippen LogP contribution in [0.4, 0.5) is 5.69 Å². The van der Waals surface area contributed by atoms with E-state index in [-0.39, 0.29) is 0 Å². The Morgan fingerprint density at radius 2 is 1.88 bits per heavy atom. The molecule has 0 aliphatic rings. The van der Waals surface area contributed by atoms with Crippen LogP contribution in [0, 0.1) is 0 Å². The normalized spacial score (nSPS) is 10.4. The molecule has 1 aromatic heterocycles. The van der Waals surface area contributed by atoms with Crippen LogP contribution in [0.15, 0.2) is 18.3 Å². The maximum Gasteiger partial charge on any atom is 0.131 e. The molecule has 0 saturated carbocycles. The van der Waals surface area contributed by atoms with E-state index in [9.17, 15) is 0 Å². The minimum atomic E-state index is 0.498. The van der Waals surface area contributed by atoms with Gasteiger partial charge in [-0.1, -0.05) is 11.6 Å². The second-order valence-electron chi connectivity index (χ2n) is 3.31. The second-order valence-corrected chi connectivity index (χ2v) is 3.70. The molecule has 0 atom stereocenters. The molecular weight excluding hydrogens is 228 g/mol. The second kappa shape index (κ2) is 7.44. The summed E-state index contributed by atoms with van der Waals surface area (Å²) in [7, 11) is 3.38. The molecular formula is C11H17ClN2O2. The van der Waals surface area contributed by atoms with Gasteiger partial charge < -0.3 is 14.4 Å². The molecule has 0 radical (unpaired) electrons. The van der Waals surface area contributed by atoms with Crippen molar-refractivity contribution in [2.24, 2.45) is 0 Å². The van der Waals surface area contributed by atoms with Crippen molar-refractivity contribution >= 4 is 17.3 Å². The standard InChI is InChI=1S/C11H17ClN2O2/c1-15-7-5-14(6-8-16-2)10-3-4-13-11(12)9-10/h3-4,9H,5-8H2,1-2H3. The van der Waals surface area contributed by atoms with Crippen molar-refractivity contribution in [3.8, 4) is 0 Å². The predicted octanol–water partition coefficient (Wildman–Crippen LogP) is 1.83. The molecule has 4 nitrogen and oxygen atoms in total. The molecule has 16 heavy (non-hydrogen) atoms. The third-order valence-corrected chi connectivity index (χ3v) is 2.41. The molecule has 1 rings (SSSR count). The fourth-order valence-electron chi connectivity index (χ4n) is 1.36. The fourth-order valence-corrected chi connectivity index (χ4v) is 1.53. The highest BCUT2D eigenvalue weighted by Crippen LogP contribution is 2.16. The van der Waals surface area contributed by atoms with Gasteiger partial charge in [0.1, 0.15) is 5.15 Å². The lowest BCUT2D eigenvalue weighted by molar-refractivity contribution is 0.190. The van der Waals surface area contributed by atoms with Crippen molar-refractivity contribution in [1.29, 1.82) is 0 Å². The van der Waals surface area contributed by atoms with Crippen LogP contribution in [0.2, 0.25) is 5.15 Å². The van der Waals surface area contributed by atoms with Crippen molar-refractivity contribution < 1.29 is 9.47 Å². The molecule has 0 bridgehead atoms. The fraction of sp³-hybridized carbons (Fsp3) is 0.545. The van der Waals surface area contributed by atoms with Crippen LogP contribution in [0.1, 0.15) is 0 Å². The molecule has 90 valence electrons. The van der Waals surface area contributed by atoms with Gasteiger partial charge in [-0.2, -0.15) is 0 Å². The smallest absolute Gasteiger partial charge is 0.131 e. The average Bonchev–Trinajstić information content (AvgIpc) is 2.29. The van der Waals surface area contributed by atoms with Gasteiger partial charge in [-0.3, -0.25) is 0 Å². The molecule has 0 amide bonds. The van der Waals surface area contributed by atoms with Gasteiger partial charge in [0.15, 0.2) is 0 Å². The number of nitrogens with zero attached hydrogens (tertiary/aromatic N) is 2. The van der Waals surface area contributed by atoms with Gasteiger partial charge in [-0.15, -0.1) is 0 Å². The lowest BCUT2D eigenvalue weighted by atomic mass is 10.3. The Hall–Kier alpha value is -0.840. The van der Waals surface area contributed by atoms with Crippen molar-refractivity contribution in [1.82, 2.24) is 4.98 Å². The summed E-state index contributed by atoms with van der Waals surface area (Å²) in [5.74, 6) is 0. The maximum absolute atomic E-state index is 5.86. The Morgan fingerprint density at radius 1 is 1.25 bits per heavy atom. The van der Waals surface area contributed by atoms with Crippen molar-refractivity contribution in [2.45, 2.75) is 0 Å². The van der Waals surface area contributed by atoms with E-state index in [2.05, 4.69) is 9.88 Å². The summed E-state index contributed by atoms with van der Waals surface area (Å²) >= 11 is 5.86. The van der Waals surface area contributed by atoms with Crippen LogP contribution in [0.3, 0.4) is 0 Å². The van der Waals surface area contributed by atoms with Gasteiger partial charge in [-0.05, 0) is 12.1 Å². The van der Waals surface area contributed by atoms with Gasteiger partial charge >= 0.3 is 0 Å². The number of methoxy groups -OCH3 is 2. The molecule has 0 N–H and O–H groups in total. The molecule has 1 aromatic rings. The number of pyridine rings is 1. The van der Waals surface area contributed by atoms with Crippen LogP contribution in [0.5, 0.6) is 0 Å². The van der Waals surface area contributed by atoms with Gasteiger partial charge in [0.2, 0.25) is 0 Å². The van der Waals surface area contributed by atoms with Gasteiger partial charge in [0.05, 0.1) is 13.2 Å². The first-order valence-corrected chi connectivity index (χ1v) is 5.50. The third-order valence-electron chi connectivity index (χ3n) is 2.21. The van der Waals surface area contributed by atoms with E-state index in [0.29, 0.717) is 18.4 Å². The van der Waals surface area contributed by atoms with Gasteiger partial charge in [0.25, 0.3) is 0 Å². The van der Waals surface area contributed by atoms with E-state index in [1.807, 2.05) is 12.1 Å². The number of hydrogen-bond donors (Lipinski definition) is 0. The van der Waals surface area contributed by atoms with E-state index < -0.39 is 0 Å². The topological polar surface area (TPSA) is 34.6 Å². The zero-order valence-electron chi connectivity index (χ0n) is 9.65. The highest BCUT2D eigenvalue weighted by molar-refractivity contribution is 6.29. The molecule has 0 aliphatic carbocycles. The monoisotopic (exact) mass is 244 g/mol. The molecule has 1 heterocycles. The summed E-state index contributed by atoms with van der Waals surface area (Å²) in [6.45, 7) is 2.95. The molecule has 0 aliphatic heterocycles. The Morgan fingerprint density at radius 3 is 2.38 bits per heavy atom. The third kappa shape index (κ3) is 4.35. The Balaban J connectivity index is 2.66. The minimum Gasteiger partial charge on any atom is -0.383 e. The van der Waals surface area contributed by atoms with Crippen molar-refractivity contribution in [3.05, 3.63) is 23.5 Å². The zero-order valence-corrected chi connectivity index (χ0v) is 10.4. The number of rotatable bonds is 7. The summed E-state index contributed by atoms with van der Waals surface area (Å²) < 4.78 is 10.1. The largest absolute Gasteiger partial charge is 0.383 e. The first kappa shape index (κ1) is 13.2. The van der Waals surface area contributed by atoms with Crippen molar-refractivity contribution in [2.75, 3.05) is 45.4 Å². The van der Waals surface area contributed by atoms with Crippen LogP contribution in [-0.4, -0.2) is 45.5 Å². The van der Waals surface area contributed by atoms with E-state index in [1.54, 1.807) is 20.4 Å². The van der Waals surface area contributed by atoms with Gasteiger partial charge in [-0.25, -0.2) is 4.98 Å². The molecule has 5 heteroatoms. The summed E-state index contributed by atoms with van der Waals surface area (Å²) in [5, 5.41) is 0.498. The van der Waals surface area contributed by atoms with E-state index in [0.717, 1.165) is 18.8 Å². The first-order chi connectivity index (χ1) is 7.77. The average molecular weight is 245 g/mol. The zero-order chi connectivity index (χ0) is 11.8. The van der Waals surface area contributed by atoms with Crippen LogP contribution < -0.4 is 4.90 Å². The van der Waals surface area contributed by atoms with E-state index in [4.69, 9.17) is 21.1 Å². The maximum atomic E-state index is 5.86. The highest BCUT2D eigenvalue weighted by Gasteiger charge is 2.06. The summed E-state index contributed by atoms with van der Waals surface area (Å²) in [4.78, 5) is 6.11. The number of ether oxygens (including phenoxy) is 2. The number of aromatic nitrogens is 1. The first-order valence-electron chi connectivity index (χ1n) is 5.12. The summed E-state index contributed by atoms with van der Waals surface area (Å²) in [6, 6.07) is 3.77. The van der Waals surface area contributed by atoms with E-state index >= 15 is 0 Å². The summed E-state index contributed by atoms with van der Waals surface area (Å²) in [5.41, 5.74) is 1.04. The minimum absolute atomic E-state index is 0.498. The Labute approximate surface area is 101 Å². The highest BCUT2D eigenvalue weighted by atomic mass is 35.5. The molecule has 0 aromatic carbocycles. The molecule has 0 saturated heterocycles. The van der Waals surface area contributed by atoms with Crippen LogP contribution in [-0.2, 0) is 9.47 Å². The Kier molecular flexibility index (Phi) is 6.15. The van der Waals surface area contributed by atoms with Crippen molar-refractivity contribution in [3.63, 3.8) is 0 Å². The molecule has 0 spiro atoms. The van der Waals surface area contributed by atoms with Crippen LogP contribution >= 0.6 is 11.6 Å². The summed E-state index contributed by atoms with van der Waals surface area (Å²) in [6.07, 6.45) is 1.70. The number of halogens is 1. The number of anilines is 1. The number of hydrogen-bond acceptors (Lipinski definition) is 4. The quantitative estimate of drug-likeness (QED) is 0.686. The van der Waals surface area contributed by atoms with E-state index in [1.165, 1.54) is 0 Å². The molecule has 0 unspecified atom stereocenters. The lowest BCUT2D eigenvalue weighted by Crippen LogP contribution is -2.30.